The molecule has 0 bridgehead atoms. The number of amides is 2. The first kappa shape index (κ1) is 50.7. The zero-order valence-electron chi connectivity index (χ0n) is 37.5. The van der Waals surface area contributed by atoms with Crippen molar-refractivity contribution < 1.29 is 46.1 Å². The third kappa shape index (κ3) is 13.5. The molecular weight excluding hydrogens is 930 g/mol. The topological polar surface area (TPSA) is 188 Å². The zero-order chi connectivity index (χ0) is 49.5. The molecular formula is C48H51ClF6N10O4. The van der Waals surface area contributed by atoms with Crippen LogP contribution in [0.15, 0.2) is 104 Å². The van der Waals surface area contributed by atoms with Crippen LogP contribution in [0.5, 0.6) is 0 Å². The first-order valence-corrected chi connectivity index (χ1v) is 22.5. The van der Waals surface area contributed by atoms with E-state index in [1.807, 2.05) is 30.3 Å². The number of aliphatic hydroxyl groups excluding tert-OH is 2. The minimum Gasteiger partial charge on any atom is -0.387 e. The van der Waals surface area contributed by atoms with E-state index in [1.54, 1.807) is 61.1 Å². The highest BCUT2D eigenvalue weighted by atomic mass is 35.5. The van der Waals surface area contributed by atoms with E-state index in [1.165, 1.54) is 23.9 Å². The number of nitrogens with zero attached hydrogens (tertiary/aromatic N) is 6. The number of H-pyrrole nitrogens is 2. The number of aliphatic hydroxyl groups is 2. The summed E-state index contributed by atoms with van der Waals surface area (Å²) in [6.07, 6.45) is -0.436. The minimum absolute atomic E-state index is 0.0176. The molecule has 2 aliphatic rings. The van der Waals surface area contributed by atoms with Crippen molar-refractivity contribution in [1.29, 1.82) is 0 Å². The van der Waals surface area contributed by atoms with Gasteiger partial charge in [-0.25, -0.2) is 4.98 Å². The van der Waals surface area contributed by atoms with Gasteiger partial charge in [0, 0.05) is 79.1 Å². The summed E-state index contributed by atoms with van der Waals surface area (Å²) in [6.45, 7) is -0.0428. The Morgan fingerprint density at radius 1 is 0.667 bits per heavy atom. The van der Waals surface area contributed by atoms with E-state index in [0.29, 0.717) is 21.8 Å². The molecule has 2 aromatic carbocycles. The lowest BCUT2D eigenvalue weighted by molar-refractivity contribution is -0.142. The van der Waals surface area contributed by atoms with E-state index in [9.17, 15) is 46.1 Å². The Morgan fingerprint density at radius 2 is 1.12 bits per heavy atom. The van der Waals surface area contributed by atoms with Crippen LogP contribution in [0.1, 0.15) is 104 Å². The second-order valence-corrected chi connectivity index (χ2v) is 17.7. The minimum atomic E-state index is -4.54. The molecule has 0 saturated carbocycles. The van der Waals surface area contributed by atoms with Gasteiger partial charge in [-0.1, -0.05) is 48.0 Å². The van der Waals surface area contributed by atoms with Crippen LogP contribution in [-0.4, -0.2) is 100 Å². The van der Waals surface area contributed by atoms with Crippen molar-refractivity contribution in [3.63, 3.8) is 0 Å². The summed E-state index contributed by atoms with van der Waals surface area (Å²) in [6, 6.07) is 23.5. The first-order valence-electron chi connectivity index (χ1n) is 22.1. The lowest BCUT2D eigenvalue weighted by Gasteiger charge is -2.20. The molecule has 6 aromatic rings. The summed E-state index contributed by atoms with van der Waals surface area (Å²) in [5.74, 6) is -0.605. The number of carbonyl (C=O) groups excluding carboxylic acids is 2. The molecule has 2 aliphatic heterocycles. The number of benzene rings is 2. The van der Waals surface area contributed by atoms with Crippen LogP contribution in [0, 0.1) is 0 Å². The Hall–Kier alpha value is -6.19. The Kier molecular flexibility index (Phi) is 16.2. The summed E-state index contributed by atoms with van der Waals surface area (Å²) in [5.41, 5.74) is 2.85. The summed E-state index contributed by atoms with van der Waals surface area (Å²) >= 11 is 5.82. The molecule has 14 nitrogen and oxygen atoms in total. The second kappa shape index (κ2) is 22.1. The van der Waals surface area contributed by atoms with E-state index in [4.69, 9.17) is 11.6 Å². The van der Waals surface area contributed by atoms with Crippen molar-refractivity contribution in [2.45, 2.75) is 100 Å². The third-order valence-corrected chi connectivity index (χ3v) is 12.4. The van der Waals surface area contributed by atoms with Crippen molar-refractivity contribution in [2.75, 3.05) is 14.1 Å². The van der Waals surface area contributed by atoms with Gasteiger partial charge in [0.05, 0.1) is 36.7 Å². The molecule has 6 atom stereocenters. The van der Waals surface area contributed by atoms with Gasteiger partial charge in [0.2, 0.25) is 0 Å². The van der Waals surface area contributed by atoms with Crippen molar-refractivity contribution in [3.8, 4) is 0 Å². The molecule has 0 radical (unpaired) electrons. The van der Waals surface area contributed by atoms with Gasteiger partial charge in [-0.05, 0) is 98.2 Å². The van der Waals surface area contributed by atoms with Crippen LogP contribution in [0.25, 0.3) is 0 Å². The normalized spacial score (nSPS) is 19.1. The number of pyridine rings is 2. The van der Waals surface area contributed by atoms with Gasteiger partial charge < -0.3 is 30.6 Å². The lowest BCUT2D eigenvalue weighted by Crippen LogP contribution is -2.35. The lowest BCUT2D eigenvalue weighted by atomic mass is 10.0. The molecule has 2 saturated heterocycles. The smallest absolute Gasteiger partial charge is 0.387 e. The molecule has 366 valence electrons. The van der Waals surface area contributed by atoms with Crippen LogP contribution in [0.4, 0.5) is 26.3 Å². The van der Waals surface area contributed by atoms with Gasteiger partial charge in [-0.2, -0.15) is 36.5 Å². The maximum atomic E-state index is 12.7. The molecule has 0 aliphatic carbocycles. The standard InChI is InChI=1S/C24H25ClF3N5O2.C24H26F3N5O2/c1-33(13-18-11-20(32-31-18)24(26,27)28)23(35)15-4-2-14(3-5-15)10-17-7-8-19(30-17)22(34)16-6-9-21(25)29-12-16;1-32(14-19-12-21(31-30-19)24(25,26)27)23(34)16-6-4-15(5-7-16)11-18-8-9-20(29-18)22(33)17-3-2-10-28-13-17/h2-6,9,11-12,17,19,22,30,34H,7-8,10,13H2,1H3,(H,31,32);2-7,10,12-13,18,20,22,29,33H,8-9,11,14H2,1H3,(H,30,31)/t17-,19+,22+;18-,20+,22+/m00/s1. The Labute approximate surface area is 398 Å². The van der Waals surface area contributed by atoms with Crippen LogP contribution in [0.3, 0.4) is 0 Å². The van der Waals surface area contributed by atoms with Crippen LogP contribution >= 0.6 is 11.6 Å². The maximum absolute atomic E-state index is 12.7. The predicted molar refractivity (Wildman–Crippen MR) is 242 cm³/mol. The van der Waals surface area contributed by atoms with Crippen LogP contribution in [0.2, 0.25) is 5.15 Å². The molecule has 6 heterocycles. The van der Waals surface area contributed by atoms with Gasteiger partial charge in [-0.3, -0.25) is 24.8 Å². The van der Waals surface area contributed by atoms with Gasteiger partial charge in [-0.15, -0.1) is 0 Å². The van der Waals surface area contributed by atoms with Crippen molar-refractivity contribution in [3.05, 3.63) is 165 Å². The number of hydrogen-bond acceptors (Lipinski definition) is 10. The SMILES string of the molecule is CN(Cc1cc(C(F)(F)F)n[nH]1)C(=O)c1ccc(C[C@@H]2CC[C@H]([C@H](O)c3ccc(Cl)nc3)N2)cc1.CN(Cc1cc(C(F)(F)F)n[nH]1)C(=O)c1ccc(C[C@@H]2CC[C@H]([C@H](O)c3cccnc3)N2)cc1. The van der Waals surface area contributed by atoms with Gasteiger partial charge in [0.15, 0.2) is 11.4 Å². The number of aromatic nitrogens is 6. The predicted octanol–water partition coefficient (Wildman–Crippen LogP) is 7.64. The van der Waals surface area contributed by atoms with E-state index in [0.717, 1.165) is 67.3 Å². The van der Waals surface area contributed by atoms with E-state index >= 15 is 0 Å². The molecule has 21 heteroatoms. The number of nitrogens with one attached hydrogen (secondary N) is 4. The number of halogens is 7. The monoisotopic (exact) mass is 980 g/mol. The number of carbonyl (C=O) groups is 2. The largest absolute Gasteiger partial charge is 0.435 e. The third-order valence-electron chi connectivity index (χ3n) is 12.1. The summed E-state index contributed by atoms with van der Waals surface area (Å²) in [7, 11) is 3.05. The van der Waals surface area contributed by atoms with E-state index in [2.05, 4.69) is 41.0 Å². The highest BCUT2D eigenvalue weighted by molar-refractivity contribution is 6.29. The van der Waals surface area contributed by atoms with Crippen molar-refractivity contribution in [1.82, 2.24) is 50.8 Å². The Morgan fingerprint density at radius 3 is 1.49 bits per heavy atom. The fourth-order valence-corrected chi connectivity index (χ4v) is 8.62. The highest BCUT2D eigenvalue weighted by Gasteiger charge is 2.36. The molecule has 0 spiro atoms. The van der Waals surface area contributed by atoms with Crippen LogP contribution < -0.4 is 10.6 Å². The summed E-state index contributed by atoms with van der Waals surface area (Å²) in [5, 5.41) is 39.7. The highest BCUT2D eigenvalue weighted by Crippen LogP contribution is 2.31. The molecule has 2 amide bonds. The number of rotatable bonds is 14. The molecule has 0 unspecified atom stereocenters. The second-order valence-electron chi connectivity index (χ2n) is 17.4. The molecule has 2 fully saturated rings. The molecule has 4 aromatic heterocycles. The number of alkyl halides is 6. The average Bonchev–Trinajstić information content (AvgIpc) is 4.18. The fraction of sp³-hybridized carbons (Fsp3) is 0.375. The quantitative estimate of drug-likeness (QED) is 0.0468. The van der Waals surface area contributed by atoms with Crippen LogP contribution in [-0.2, 0) is 38.3 Å². The first-order chi connectivity index (χ1) is 32.8. The maximum Gasteiger partial charge on any atom is 0.435 e. The molecule has 69 heavy (non-hydrogen) atoms. The van der Waals surface area contributed by atoms with Gasteiger partial charge in [0.1, 0.15) is 5.15 Å². The number of hydrogen-bond donors (Lipinski definition) is 6. The Bertz CT molecular complexity index is 2610. The van der Waals surface area contributed by atoms with Gasteiger partial charge in [0.25, 0.3) is 11.8 Å². The van der Waals surface area contributed by atoms with Crippen molar-refractivity contribution >= 4 is 23.4 Å². The Balaban J connectivity index is 0.000000204. The molecule has 6 N–H and O–H groups in total. The molecule has 8 rings (SSSR count). The zero-order valence-corrected chi connectivity index (χ0v) is 38.2. The summed E-state index contributed by atoms with van der Waals surface area (Å²) in [4.78, 5) is 36.1. The average molecular weight is 981 g/mol. The van der Waals surface area contributed by atoms with E-state index in [-0.39, 0.29) is 60.5 Å². The number of aromatic amines is 2. The fourth-order valence-electron chi connectivity index (χ4n) is 8.50. The van der Waals surface area contributed by atoms with Crippen molar-refractivity contribution in [2.24, 2.45) is 0 Å². The van der Waals surface area contributed by atoms with E-state index < -0.39 is 35.9 Å². The van der Waals surface area contributed by atoms with Gasteiger partial charge >= 0.3 is 12.4 Å². The summed E-state index contributed by atoms with van der Waals surface area (Å²) < 4.78 is 76.2.